The first-order valence-corrected chi connectivity index (χ1v) is 6.67. The number of hydrogen-bond donors (Lipinski definition) is 2. The minimum atomic E-state index is -0.998. The van der Waals surface area contributed by atoms with Crippen molar-refractivity contribution in [3.63, 3.8) is 0 Å². The largest absolute Gasteiger partial charge is 0.383 e. The lowest BCUT2D eigenvalue weighted by Crippen LogP contribution is -2.16. The van der Waals surface area contributed by atoms with Crippen molar-refractivity contribution >= 4 is 28.9 Å². The molecule has 1 amide bonds. The van der Waals surface area contributed by atoms with Gasteiger partial charge in [0.1, 0.15) is 0 Å². The van der Waals surface area contributed by atoms with Crippen molar-refractivity contribution < 1.29 is 13.6 Å². The van der Waals surface area contributed by atoms with E-state index in [4.69, 9.17) is 11.6 Å². The molecule has 110 valence electrons. The Morgan fingerprint density at radius 2 is 1.86 bits per heavy atom. The SMILES string of the molecule is O=C(CCNc1ccccc1Cl)Nc1ccc(F)c(F)c1. The summed E-state index contributed by atoms with van der Waals surface area (Å²) in [6.45, 7) is 0.374. The van der Waals surface area contributed by atoms with Gasteiger partial charge in [-0.25, -0.2) is 8.78 Å². The minimum absolute atomic E-state index is 0.171. The second kappa shape index (κ2) is 7.04. The van der Waals surface area contributed by atoms with Gasteiger partial charge >= 0.3 is 0 Å². The van der Waals surface area contributed by atoms with Gasteiger partial charge < -0.3 is 10.6 Å². The molecule has 3 nitrogen and oxygen atoms in total. The molecule has 21 heavy (non-hydrogen) atoms. The van der Waals surface area contributed by atoms with Crippen LogP contribution in [0.5, 0.6) is 0 Å². The number of hydrogen-bond acceptors (Lipinski definition) is 2. The molecule has 0 fully saturated rings. The van der Waals surface area contributed by atoms with E-state index in [9.17, 15) is 13.6 Å². The maximum atomic E-state index is 13.0. The van der Waals surface area contributed by atoms with Crippen LogP contribution in [0.15, 0.2) is 42.5 Å². The van der Waals surface area contributed by atoms with Crippen molar-refractivity contribution in [1.29, 1.82) is 0 Å². The zero-order valence-electron chi connectivity index (χ0n) is 11.0. The zero-order chi connectivity index (χ0) is 15.2. The molecule has 0 radical (unpaired) electrons. The number of para-hydroxylation sites is 1. The third-order valence-corrected chi connectivity index (χ3v) is 3.07. The van der Waals surface area contributed by atoms with Crippen LogP contribution in [0.3, 0.4) is 0 Å². The number of halogens is 3. The number of nitrogens with one attached hydrogen (secondary N) is 2. The Morgan fingerprint density at radius 1 is 1.10 bits per heavy atom. The molecule has 6 heteroatoms. The highest BCUT2D eigenvalue weighted by molar-refractivity contribution is 6.33. The molecule has 2 rings (SSSR count). The average Bonchev–Trinajstić information content (AvgIpc) is 2.45. The monoisotopic (exact) mass is 310 g/mol. The quantitative estimate of drug-likeness (QED) is 0.874. The normalized spacial score (nSPS) is 10.2. The molecular weight excluding hydrogens is 298 g/mol. The van der Waals surface area contributed by atoms with E-state index in [1.165, 1.54) is 6.07 Å². The molecule has 2 aromatic rings. The molecule has 0 aliphatic rings. The van der Waals surface area contributed by atoms with E-state index >= 15 is 0 Å². The highest BCUT2D eigenvalue weighted by atomic mass is 35.5. The Hall–Kier alpha value is -2.14. The first-order valence-electron chi connectivity index (χ1n) is 6.29. The van der Waals surface area contributed by atoms with Crippen LogP contribution in [0.25, 0.3) is 0 Å². The summed E-state index contributed by atoms with van der Waals surface area (Å²) in [4.78, 5) is 11.7. The first kappa shape index (κ1) is 15.3. The van der Waals surface area contributed by atoms with Crippen LogP contribution in [0.4, 0.5) is 20.2 Å². The van der Waals surface area contributed by atoms with Gasteiger partial charge in [-0.2, -0.15) is 0 Å². The summed E-state index contributed by atoms with van der Waals surface area (Å²) in [6, 6.07) is 10.4. The molecule has 2 N–H and O–H groups in total. The molecule has 0 spiro atoms. The van der Waals surface area contributed by atoms with Crippen molar-refractivity contribution in [2.75, 3.05) is 17.2 Å². The van der Waals surface area contributed by atoms with E-state index in [1.54, 1.807) is 12.1 Å². The molecule has 0 aliphatic heterocycles. The second-order valence-corrected chi connectivity index (χ2v) is 4.74. The van der Waals surface area contributed by atoms with Gasteiger partial charge in [-0.15, -0.1) is 0 Å². The Bertz CT molecular complexity index is 649. The predicted molar refractivity (Wildman–Crippen MR) is 79.5 cm³/mol. The summed E-state index contributed by atoms with van der Waals surface area (Å²) < 4.78 is 25.7. The number of benzene rings is 2. The summed E-state index contributed by atoms with van der Waals surface area (Å²) in [5.74, 6) is -2.25. The molecule has 0 aromatic heterocycles. The highest BCUT2D eigenvalue weighted by Crippen LogP contribution is 2.20. The van der Waals surface area contributed by atoms with E-state index in [0.29, 0.717) is 11.6 Å². The summed E-state index contributed by atoms with van der Waals surface area (Å²) in [7, 11) is 0. The number of anilines is 2. The summed E-state index contributed by atoms with van der Waals surface area (Å²) in [5.41, 5.74) is 0.955. The fourth-order valence-corrected chi connectivity index (χ4v) is 1.92. The van der Waals surface area contributed by atoms with Gasteiger partial charge in [-0.3, -0.25) is 4.79 Å². The molecule has 0 bridgehead atoms. The topological polar surface area (TPSA) is 41.1 Å². The number of carbonyl (C=O) groups excluding carboxylic acids is 1. The second-order valence-electron chi connectivity index (χ2n) is 4.33. The molecule has 0 unspecified atom stereocenters. The first-order chi connectivity index (χ1) is 10.1. The standard InChI is InChI=1S/C15H13ClF2N2O/c16-11-3-1-2-4-14(11)19-8-7-15(21)20-10-5-6-12(17)13(18)9-10/h1-6,9,19H,7-8H2,(H,20,21). The maximum Gasteiger partial charge on any atom is 0.226 e. The van der Waals surface area contributed by atoms with Crippen LogP contribution >= 0.6 is 11.6 Å². The van der Waals surface area contributed by atoms with Gasteiger partial charge in [0.05, 0.1) is 10.7 Å². The van der Waals surface area contributed by atoms with Crippen LogP contribution in [0, 0.1) is 11.6 Å². The van der Waals surface area contributed by atoms with Crippen LogP contribution < -0.4 is 10.6 Å². The van der Waals surface area contributed by atoms with E-state index in [-0.39, 0.29) is 18.0 Å². The van der Waals surface area contributed by atoms with Gasteiger partial charge in [0.15, 0.2) is 11.6 Å². The van der Waals surface area contributed by atoms with E-state index in [1.807, 2.05) is 12.1 Å². The third-order valence-electron chi connectivity index (χ3n) is 2.74. The van der Waals surface area contributed by atoms with Crippen molar-refractivity contribution in [2.24, 2.45) is 0 Å². The van der Waals surface area contributed by atoms with Crippen molar-refractivity contribution in [2.45, 2.75) is 6.42 Å². The van der Waals surface area contributed by atoms with Crippen LogP contribution in [0.2, 0.25) is 5.02 Å². The smallest absolute Gasteiger partial charge is 0.226 e. The zero-order valence-corrected chi connectivity index (χ0v) is 11.8. The Balaban J connectivity index is 1.82. The summed E-state index contributed by atoms with van der Waals surface area (Å²) in [5, 5.41) is 6.08. The van der Waals surface area contributed by atoms with Gasteiger partial charge in [0, 0.05) is 24.7 Å². The lowest BCUT2D eigenvalue weighted by atomic mass is 10.2. The molecular formula is C15H13ClF2N2O. The van der Waals surface area contributed by atoms with Crippen LogP contribution in [-0.2, 0) is 4.79 Å². The van der Waals surface area contributed by atoms with Crippen molar-refractivity contribution in [3.05, 3.63) is 59.1 Å². The van der Waals surface area contributed by atoms with Gasteiger partial charge in [-0.1, -0.05) is 23.7 Å². The number of carbonyl (C=O) groups is 1. The Labute approximate surface area is 125 Å². The Kier molecular flexibility index (Phi) is 5.11. The summed E-state index contributed by atoms with van der Waals surface area (Å²) in [6.07, 6.45) is 0.171. The van der Waals surface area contributed by atoms with Crippen LogP contribution in [-0.4, -0.2) is 12.5 Å². The van der Waals surface area contributed by atoms with E-state index in [0.717, 1.165) is 17.8 Å². The maximum absolute atomic E-state index is 13.0. The fraction of sp³-hybridized carbons (Fsp3) is 0.133. The lowest BCUT2D eigenvalue weighted by molar-refractivity contribution is -0.115. The minimum Gasteiger partial charge on any atom is -0.383 e. The van der Waals surface area contributed by atoms with E-state index in [2.05, 4.69) is 10.6 Å². The molecule has 0 atom stereocenters. The average molecular weight is 311 g/mol. The fourth-order valence-electron chi connectivity index (χ4n) is 1.71. The third kappa shape index (κ3) is 4.43. The van der Waals surface area contributed by atoms with E-state index < -0.39 is 11.6 Å². The molecule has 0 heterocycles. The van der Waals surface area contributed by atoms with Gasteiger partial charge in [0.2, 0.25) is 5.91 Å². The van der Waals surface area contributed by atoms with Crippen molar-refractivity contribution in [1.82, 2.24) is 0 Å². The lowest BCUT2D eigenvalue weighted by Gasteiger charge is -2.09. The molecule has 0 saturated carbocycles. The molecule has 0 aliphatic carbocycles. The number of amides is 1. The molecule has 2 aromatic carbocycles. The van der Waals surface area contributed by atoms with Crippen molar-refractivity contribution in [3.8, 4) is 0 Å². The van der Waals surface area contributed by atoms with Crippen LogP contribution in [0.1, 0.15) is 6.42 Å². The van der Waals surface area contributed by atoms with Gasteiger partial charge in [-0.05, 0) is 24.3 Å². The van der Waals surface area contributed by atoms with Gasteiger partial charge in [0.25, 0.3) is 0 Å². The summed E-state index contributed by atoms with van der Waals surface area (Å²) >= 11 is 5.96. The predicted octanol–water partition coefficient (Wildman–Crippen LogP) is 4.06. The molecule has 0 saturated heterocycles. The highest BCUT2D eigenvalue weighted by Gasteiger charge is 2.06. The Morgan fingerprint density at radius 3 is 2.57 bits per heavy atom. The number of rotatable bonds is 5.